The molecule has 2 nitrogen and oxygen atoms in total. The van der Waals surface area contributed by atoms with Gasteiger partial charge < -0.3 is 11.1 Å². The molecule has 0 aromatic heterocycles. The van der Waals surface area contributed by atoms with Crippen LogP contribution in [0.3, 0.4) is 0 Å². The molecule has 0 bridgehead atoms. The van der Waals surface area contributed by atoms with Gasteiger partial charge in [-0.3, -0.25) is 0 Å². The minimum absolute atomic E-state index is 0.298. The Balaban J connectivity index is 1.76. The summed E-state index contributed by atoms with van der Waals surface area (Å²) in [5.74, 6) is 1.95. The van der Waals surface area contributed by atoms with E-state index in [1.807, 2.05) is 0 Å². The maximum absolute atomic E-state index is 6.00. The highest BCUT2D eigenvalue weighted by atomic mass is 15.0. The number of rotatable bonds is 6. The topological polar surface area (TPSA) is 38.0 Å². The van der Waals surface area contributed by atoms with Crippen LogP contribution in [0.4, 0.5) is 0 Å². The standard InChI is InChI=1S/C14H28N2/c1-2-3-12-6-8-14(11-15,9-7-12)16-10-13-4-5-13/h12-13,16H,2-11,15H2,1H3. The Kier molecular flexibility index (Phi) is 4.26. The molecule has 0 saturated heterocycles. The van der Waals surface area contributed by atoms with Gasteiger partial charge in [0.1, 0.15) is 0 Å². The van der Waals surface area contributed by atoms with Crippen LogP contribution in [-0.2, 0) is 0 Å². The summed E-state index contributed by atoms with van der Waals surface area (Å²) in [6, 6.07) is 0. The summed E-state index contributed by atoms with van der Waals surface area (Å²) >= 11 is 0. The van der Waals surface area contributed by atoms with Gasteiger partial charge in [0.2, 0.25) is 0 Å². The smallest absolute Gasteiger partial charge is 0.0304 e. The third-order valence-corrected chi connectivity index (χ3v) is 4.61. The van der Waals surface area contributed by atoms with Crippen LogP contribution < -0.4 is 11.1 Å². The van der Waals surface area contributed by atoms with Crippen molar-refractivity contribution < 1.29 is 0 Å². The number of hydrogen-bond donors (Lipinski definition) is 2. The van der Waals surface area contributed by atoms with Gasteiger partial charge in [-0.1, -0.05) is 19.8 Å². The molecule has 0 spiro atoms. The first-order chi connectivity index (χ1) is 7.78. The molecule has 2 fully saturated rings. The average Bonchev–Trinajstić information content (AvgIpc) is 3.13. The largest absolute Gasteiger partial charge is 0.329 e. The second-order valence-electron chi connectivity index (χ2n) is 6.04. The summed E-state index contributed by atoms with van der Waals surface area (Å²) in [5, 5.41) is 3.78. The SMILES string of the molecule is CCCC1CCC(CN)(NCC2CC2)CC1. The van der Waals surface area contributed by atoms with E-state index in [1.165, 1.54) is 57.9 Å². The molecule has 0 atom stereocenters. The fraction of sp³-hybridized carbons (Fsp3) is 1.00. The molecule has 0 amide bonds. The summed E-state index contributed by atoms with van der Waals surface area (Å²) in [7, 11) is 0. The monoisotopic (exact) mass is 224 g/mol. The molecule has 0 aromatic rings. The highest BCUT2D eigenvalue weighted by molar-refractivity contribution is 4.95. The molecular weight excluding hydrogens is 196 g/mol. The summed E-state index contributed by atoms with van der Waals surface area (Å²) < 4.78 is 0. The quantitative estimate of drug-likeness (QED) is 0.728. The summed E-state index contributed by atoms with van der Waals surface area (Å²) in [4.78, 5) is 0. The third kappa shape index (κ3) is 3.21. The summed E-state index contributed by atoms with van der Waals surface area (Å²) in [6.45, 7) is 4.35. The molecule has 0 aliphatic heterocycles. The van der Waals surface area contributed by atoms with E-state index in [1.54, 1.807) is 0 Å². The molecule has 2 aliphatic carbocycles. The van der Waals surface area contributed by atoms with Gasteiger partial charge in [-0.05, 0) is 56.9 Å². The predicted octanol–water partition coefficient (Wildman–Crippen LogP) is 2.67. The van der Waals surface area contributed by atoms with Crippen molar-refractivity contribution >= 4 is 0 Å². The van der Waals surface area contributed by atoms with E-state index in [9.17, 15) is 0 Å². The van der Waals surface area contributed by atoms with Gasteiger partial charge in [-0.25, -0.2) is 0 Å². The fourth-order valence-electron chi connectivity index (χ4n) is 3.06. The first kappa shape index (κ1) is 12.4. The van der Waals surface area contributed by atoms with Crippen LogP contribution in [0.2, 0.25) is 0 Å². The van der Waals surface area contributed by atoms with Crippen molar-refractivity contribution in [2.45, 2.75) is 63.8 Å². The van der Waals surface area contributed by atoms with Gasteiger partial charge >= 0.3 is 0 Å². The molecule has 0 aromatic carbocycles. The lowest BCUT2D eigenvalue weighted by Crippen LogP contribution is -2.53. The normalized spacial score (nSPS) is 35.2. The molecule has 0 heterocycles. The minimum atomic E-state index is 0.298. The zero-order valence-electron chi connectivity index (χ0n) is 10.8. The van der Waals surface area contributed by atoms with Crippen LogP contribution in [0, 0.1) is 11.8 Å². The molecule has 16 heavy (non-hydrogen) atoms. The fourth-order valence-corrected chi connectivity index (χ4v) is 3.06. The van der Waals surface area contributed by atoms with E-state index in [-0.39, 0.29) is 0 Å². The van der Waals surface area contributed by atoms with Crippen molar-refractivity contribution in [3.8, 4) is 0 Å². The van der Waals surface area contributed by atoms with Crippen molar-refractivity contribution in [2.24, 2.45) is 17.6 Å². The maximum Gasteiger partial charge on any atom is 0.0304 e. The Labute approximate surface area is 100 Å². The lowest BCUT2D eigenvalue weighted by atomic mass is 9.75. The van der Waals surface area contributed by atoms with Crippen LogP contribution in [0.1, 0.15) is 58.3 Å². The van der Waals surface area contributed by atoms with E-state index < -0.39 is 0 Å². The van der Waals surface area contributed by atoms with E-state index >= 15 is 0 Å². The van der Waals surface area contributed by atoms with E-state index in [2.05, 4.69) is 12.2 Å². The molecule has 2 aliphatic rings. The van der Waals surface area contributed by atoms with Crippen LogP contribution in [-0.4, -0.2) is 18.6 Å². The second kappa shape index (κ2) is 5.50. The Hall–Kier alpha value is -0.0800. The third-order valence-electron chi connectivity index (χ3n) is 4.61. The Morgan fingerprint density at radius 3 is 2.31 bits per heavy atom. The van der Waals surface area contributed by atoms with Gasteiger partial charge in [0.05, 0.1) is 0 Å². The Morgan fingerprint density at radius 2 is 1.81 bits per heavy atom. The highest BCUT2D eigenvalue weighted by Crippen LogP contribution is 2.35. The van der Waals surface area contributed by atoms with Crippen molar-refractivity contribution in [2.75, 3.05) is 13.1 Å². The van der Waals surface area contributed by atoms with Crippen molar-refractivity contribution in [1.82, 2.24) is 5.32 Å². The van der Waals surface area contributed by atoms with Crippen LogP contribution in [0.25, 0.3) is 0 Å². The Bertz CT molecular complexity index is 203. The van der Waals surface area contributed by atoms with E-state index in [0.29, 0.717) is 5.54 Å². The molecule has 2 heteroatoms. The maximum atomic E-state index is 6.00. The number of nitrogens with one attached hydrogen (secondary N) is 1. The highest BCUT2D eigenvalue weighted by Gasteiger charge is 2.35. The molecule has 2 rings (SSSR count). The van der Waals surface area contributed by atoms with Gasteiger partial charge in [-0.2, -0.15) is 0 Å². The number of nitrogens with two attached hydrogens (primary N) is 1. The lowest BCUT2D eigenvalue weighted by Gasteiger charge is -2.40. The molecule has 94 valence electrons. The molecule has 2 saturated carbocycles. The summed E-state index contributed by atoms with van der Waals surface area (Å²) in [6.07, 6.45) is 11.0. The Morgan fingerprint density at radius 1 is 1.12 bits per heavy atom. The molecule has 0 unspecified atom stereocenters. The zero-order valence-corrected chi connectivity index (χ0v) is 10.8. The average molecular weight is 224 g/mol. The lowest BCUT2D eigenvalue weighted by molar-refractivity contribution is 0.186. The molecule has 3 N–H and O–H groups in total. The summed E-state index contributed by atoms with van der Waals surface area (Å²) in [5.41, 5.74) is 6.30. The van der Waals surface area contributed by atoms with Crippen LogP contribution in [0.5, 0.6) is 0 Å². The van der Waals surface area contributed by atoms with Gasteiger partial charge in [0.15, 0.2) is 0 Å². The van der Waals surface area contributed by atoms with Crippen molar-refractivity contribution in [3.05, 3.63) is 0 Å². The van der Waals surface area contributed by atoms with E-state index in [0.717, 1.165) is 18.4 Å². The van der Waals surface area contributed by atoms with Crippen molar-refractivity contribution in [1.29, 1.82) is 0 Å². The predicted molar refractivity (Wildman–Crippen MR) is 69.4 cm³/mol. The van der Waals surface area contributed by atoms with Gasteiger partial charge in [0.25, 0.3) is 0 Å². The van der Waals surface area contributed by atoms with Crippen LogP contribution >= 0.6 is 0 Å². The van der Waals surface area contributed by atoms with Crippen molar-refractivity contribution in [3.63, 3.8) is 0 Å². The molecular formula is C14H28N2. The van der Waals surface area contributed by atoms with Gasteiger partial charge in [-0.15, -0.1) is 0 Å². The van der Waals surface area contributed by atoms with E-state index in [4.69, 9.17) is 5.73 Å². The van der Waals surface area contributed by atoms with Crippen LogP contribution in [0.15, 0.2) is 0 Å². The second-order valence-corrected chi connectivity index (χ2v) is 6.04. The van der Waals surface area contributed by atoms with Gasteiger partial charge in [0, 0.05) is 12.1 Å². The first-order valence-corrected chi connectivity index (χ1v) is 7.23. The zero-order chi connectivity index (χ0) is 11.4. The minimum Gasteiger partial charge on any atom is -0.329 e. The molecule has 0 radical (unpaired) electrons. The first-order valence-electron chi connectivity index (χ1n) is 7.23. The number of hydrogen-bond acceptors (Lipinski definition) is 2.